The minimum absolute atomic E-state index is 0.855. The monoisotopic (exact) mass is 292 g/mol. The van der Waals surface area contributed by atoms with Crippen LogP contribution in [0.3, 0.4) is 0 Å². The van der Waals surface area contributed by atoms with Crippen LogP contribution in [0.25, 0.3) is 17.0 Å². The molecular formula is C20H24N2. The highest BCUT2D eigenvalue weighted by Crippen LogP contribution is 2.27. The van der Waals surface area contributed by atoms with Crippen LogP contribution in [0.15, 0.2) is 54.6 Å². The van der Waals surface area contributed by atoms with Crippen molar-refractivity contribution < 1.29 is 0 Å². The van der Waals surface area contributed by atoms with E-state index in [4.69, 9.17) is 0 Å². The van der Waals surface area contributed by atoms with E-state index >= 15 is 0 Å². The number of aromatic nitrogens is 1. The molecule has 0 N–H and O–H groups in total. The zero-order valence-corrected chi connectivity index (χ0v) is 13.5. The summed E-state index contributed by atoms with van der Waals surface area (Å²) in [4.78, 5) is 2.35. The summed E-state index contributed by atoms with van der Waals surface area (Å²) < 4.78 is 2.34. The second-order valence-electron chi connectivity index (χ2n) is 6.04. The van der Waals surface area contributed by atoms with E-state index in [0.29, 0.717) is 0 Å². The van der Waals surface area contributed by atoms with Crippen molar-refractivity contribution in [3.05, 3.63) is 65.9 Å². The van der Waals surface area contributed by atoms with Crippen LogP contribution in [0.1, 0.15) is 17.7 Å². The standard InChI is InChI=1S/C20H24N2/c1-4-13-22-16(2)18(19-7-5-6-8-20(19)22)10-9-17-11-14-21(3)15-12-17/h4-11H,1,12-15H2,2-3H3/b10-9+. The second-order valence-corrected chi connectivity index (χ2v) is 6.04. The number of benzene rings is 1. The predicted molar refractivity (Wildman–Crippen MR) is 96.1 cm³/mol. The van der Waals surface area contributed by atoms with Gasteiger partial charge in [-0.25, -0.2) is 0 Å². The Morgan fingerprint density at radius 3 is 2.77 bits per heavy atom. The van der Waals surface area contributed by atoms with E-state index in [9.17, 15) is 0 Å². The lowest BCUT2D eigenvalue weighted by molar-refractivity contribution is 0.361. The molecule has 0 saturated carbocycles. The molecule has 2 nitrogen and oxygen atoms in total. The van der Waals surface area contributed by atoms with E-state index in [1.54, 1.807) is 0 Å². The van der Waals surface area contributed by atoms with Crippen LogP contribution in [0.5, 0.6) is 0 Å². The minimum atomic E-state index is 0.855. The molecule has 0 unspecified atom stereocenters. The zero-order valence-electron chi connectivity index (χ0n) is 13.5. The third-order valence-electron chi connectivity index (χ3n) is 4.50. The smallest absolute Gasteiger partial charge is 0.0491 e. The van der Waals surface area contributed by atoms with Gasteiger partial charge in [-0.05, 0) is 32.0 Å². The van der Waals surface area contributed by atoms with E-state index in [-0.39, 0.29) is 0 Å². The first kappa shape index (κ1) is 14.9. The second kappa shape index (κ2) is 6.37. The molecular weight excluding hydrogens is 268 g/mol. The average Bonchev–Trinajstić information content (AvgIpc) is 2.80. The Labute approximate surface area is 133 Å². The summed E-state index contributed by atoms with van der Waals surface area (Å²) in [6, 6.07) is 8.63. The first-order valence-electron chi connectivity index (χ1n) is 7.95. The molecule has 0 radical (unpaired) electrons. The Morgan fingerprint density at radius 2 is 2.05 bits per heavy atom. The third kappa shape index (κ3) is 2.79. The van der Waals surface area contributed by atoms with Crippen molar-refractivity contribution in [2.75, 3.05) is 20.1 Å². The summed E-state index contributed by atoms with van der Waals surface area (Å²) >= 11 is 0. The summed E-state index contributed by atoms with van der Waals surface area (Å²) in [6.07, 6.45) is 10.0. The minimum Gasteiger partial charge on any atom is -0.340 e. The first-order valence-corrected chi connectivity index (χ1v) is 7.95. The molecule has 114 valence electrons. The van der Waals surface area contributed by atoms with Gasteiger partial charge in [-0.15, -0.1) is 6.58 Å². The highest BCUT2D eigenvalue weighted by Gasteiger charge is 2.11. The van der Waals surface area contributed by atoms with Gasteiger partial charge in [-0.3, -0.25) is 0 Å². The number of hydrogen-bond acceptors (Lipinski definition) is 1. The van der Waals surface area contributed by atoms with Crippen LogP contribution < -0.4 is 0 Å². The largest absolute Gasteiger partial charge is 0.340 e. The Morgan fingerprint density at radius 1 is 1.23 bits per heavy atom. The van der Waals surface area contributed by atoms with Crippen LogP contribution in [0, 0.1) is 6.92 Å². The summed E-state index contributed by atoms with van der Waals surface area (Å²) in [5.41, 5.74) is 5.37. The van der Waals surface area contributed by atoms with Crippen molar-refractivity contribution in [1.29, 1.82) is 0 Å². The van der Waals surface area contributed by atoms with E-state index in [1.807, 2.05) is 6.08 Å². The Bertz CT molecular complexity index is 746. The van der Waals surface area contributed by atoms with Crippen molar-refractivity contribution in [3.63, 3.8) is 0 Å². The fourth-order valence-corrected chi connectivity index (χ4v) is 3.16. The van der Waals surface area contributed by atoms with Crippen molar-refractivity contribution in [2.24, 2.45) is 0 Å². The number of fused-ring (bicyclic) bond motifs is 1. The fraction of sp³-hybridized carbons (Fsp3) is 0.300. The predicted octanol–water partition coefficient (Wildman–Crippen LogP) is 4.41. The number of hydrogen-bond donors (Lipinski definition) is 0. The normalized spacial score (nSPS) is 16.4. The molecule has 1 aliphatic rings. The molecule has 1 aromatic heterocycles. The lowest BCUT2D eigenvalue weighted by Gasteiger charge is -2.20. The summed E-state index contributed by atoms with van der Waals surface area (Å²) in [5, 5.41) is 1.33. The highest BCUT2D eigenvalue weighted by molar-refractivity contribution is 5.91. The van der Waals surface area contributed by atoms with E-state index < -0.39 is 0 Å². The maximum atomic E-state index is 3.89. The van der Waals surface area contributed by atoms with Crippen LogP contribution in [0.2, 0.25) is 0 Å². The molecule has 2 heterocycles. The molecule has 0 aliphatic carbocycles. The lowest BCUT2D eigenvalue weighted by Crippen LogP contribution is -2.23. The molecule has 2 aromatic rings. The van der Waals surface area contributed by atoms with Gasteiger partial charge in [-0.2, -0.15) is 0 Å². The molecule has 0 atom stereocenters. The van der Waals surface area contributed by atoms with Gasteiger partial charge < -0.3 is 9.47 Å². The molecule has 3 rings (SSSR count). The number of allylic oxidation sites excluding steroid dienone is 2. The van der Waals surface area contributed by atoms with E-state index in [1.165, 1.54) is 27.7 Å². The Kier molecular flexibility index (Phi) is 4.30. The highest BCUT2D eigenvalue weighted by atomic mass is 15.1. The topological polar surface area (TPSA) is 8.17 Å². The van der Waals surface area contributed by atoms with Crippen LogP contribution >= 0.6 is 0 Å². The number of nitrogens with zero attached hydrogens (tertiary/aromatic N) is 2. The average molecular weight is 292 g/mol. The number of para-hydroxylation sites is 1. The molecule has 0 bridgehead atoms. The van der Waals surface area contributed by atoms with Gasteiger partial charge in [0.25, 0.3) is 0 Å². The maximum Gasteiger partial charge on any atom is 0.0491 e. The third-order valence-corrected chi connectivity index (χ3v) is 4.50. The van der Waals surface area contributed by atoms with E-state index in [2.05, 4.69) is 72.5 Å². The quantitative estimate of drug-likeness (QED) is 0.758. The van der Waals surface area contributed by atoms with Crippen molar-refractivity contribution >= 4 is 17.0 Å². The van der Waals surface area contributed by atoms with Gasteiger partial charge in [-0.1, -0.05) is 42.5 Å². The molecule has 0 fully saturated rings. The van der Waals surface area contributed by atoms with Crippen LogP contribution in [0.4, 0.5) is 0 Å². The molecule has 1 aliphatic heterocycles. The van der Waals surface area contributed by atoms with E-state index in [0.717, 1.165) is 26.1 Å². The molecule has 1 aromatic carbocycles. The maximum absolute atomic E-state index is 3.89. The fourth-order valence-electron chi connectivity index (χ4n) is 3.16. The zero-order chi connectivity index (χ0) is 15.5. The molecule has 22 heavy (non-hydrogen) atoms. The Hall–Kier alpha value is -2.06. The van der Waals surface area contributed by atoms with Gasteiger partial charge in [0.05, 0.1) is 0 Å². The molecule has 2 heteroatoms. The molecule has 0 amide bonds. The van der Waals surface area contributed by atoms with Gasteiger partial charge in [0.1, 0.15) is 0 Å². The van der Waals surface area contributed by atoms with Gasteiger partial charge in [0.2, 0.25) is 0 Å². The first-order chi connectivity index (χ1) is 10.7. The Balaban J connectivity index is 2.00. The van der Waals surface area contributed by atoms with Crippen molar-refractivity contribution in [2.45, 2.75) is 19.9 Å². The molecule has 0 spiro atoms. The van der Waals surface area contributed by atoms with Crippen LogP contribution in [-0.4, -0.2) is 29.6 Å². The van der Waals surface area contributed by atoms with Gasteiger partial charge >= 0.3 is 0 Å². The van der Waals surface area contributed by atoms with Crippen molar-refractivity contribution in [3.8, 4) is 0 Å². The van der Waals surface area contributed by atoms with Crippen LogP contribution in [-0.2, 0) is 6.54 Å². The van der Waals surface area contributed by atoms with Gasteiger partial charge in [0, 0.05) is 41.8 Å². The molecule has 0 saturated heterocycles. The number of likely N-dealkylation sites (N-methyl/N-ethyl adjacent to an activating group) is 1. The lowest BCUT2D eigenvalue weighted by atomic mass is 10.1. The number of rotatable bonds is 4. The van der Waals surface area contributed by atoms with Gasteiger partial charge in [0.15, 0.2) is 0 Å². The summed E-state index contributed by atoms with van der Waals surface area (Å²) in [7, 11) is 2.17. The van der Waals surface area contributed by atoms with Crippen molar-refractivity contribution in [1.82, 2.24) is 9.47 Å². The SMILES string of the molecule is C=CCn1c(C)c(/C=C/C2=CCN(C)CC2)c2ccccc21. The summed E-state index contributed by atoms with van der Waals surface area (Å²) in [5.74, 6) is 0. The summed E-state index contributed by atoms with van der Waals surface area (Å²) in [6.45, 7) is 9.14.